The molecule has 1 N–H and O–H groups in total. The van der Waals surface area contributed by atoms with Gasteiger partial charge in [0.25, 0.3) is 11.8 Å². The van der Waals surface area contributed by atoms with Gasteiger partial charge < -0.3 is 19.5 Å². The number of amides is 2. The highest BCUT2D eigenvalue weighted by molar-refractivity contribution is 5.99. The smallest absolute Gasteiger partial charge is 0.274 e. The lowest BCUT2D eigenvalue weighted by Gasteiger charge is -2.37. The minimum Gasteiger partial charge on any atom is -0.483 e. The zero-order valence-electron chi connectivity index (χ0n) is 20.7. The standard InChI is InChI=1S/C28H26F3N3O4/c1-16-6-5-9-33-14-23(16)34-13-20(27(36)32-12-19-21(30)10-18(29)11-22(19)31)25(35)26(24(34)28(33)37)38-15-17-7-3-2-4-8-17/h2-4,7-8,10-11,13,16,23H,5-6,9,12,14-15H2,1H3,(H,32,36)/t16-,23-/m1/s1. The van der Waals surface area contributed by atoms with Crippen molar-refractivity contribution in [1.29, 1.82) is 0 Å². The lowest BCUT2D eigenvalue weighted by Crippen LogP contribution is -2.46. The van der Waals surface area contributed by atoms with Gasteiger partial charge in [0.15, 0.2) is 11.4 Å². The summed E-state index contributed by atoms with van der Waals surface area (Å²) in [7, 11) is 0. The molecule has 0 aliphatic carbocycles. The number of hydrogen-bond donors (Lipinski definition) is 1. The summed E-state index contributed by atoms with van der Waals surface area (Å²) in [5, 5.41) is 2.35. The third-order valence-electron chi connectivity index (χ3n) is 7.19. The van der Waals surface area contributed by atoms with E-state index in [4.69, 9.17) is 4.74 Å². The molecule has 0 saturated carbocycles. The minimum atomic E-state index is -1.16. The molecular formula is C28H26F3N3O4. The highest BCUT2D eigenvalue weighted by atomic mass is 19.1. The van der Waals surface area contributed by atoms with E-state index < -0.39 is 40.9 Å². The molecule has 0 unspecified atom stereocenters. The first kappa shape index (κ1) is 25.6. The fourth-order valence-corrected chi connectivity index (χ4v) is 5.10. The van der Waals surface area contributed by atoms with Gasteiger partial charge in [0.2, 0.25) is 5.43 Å². The van der Waals surface area contributed by atoms with Crippen molar-refractivity contribution < 1.29 is 27.5 Å². The maximum atomic E-state index is 14.1. The van der Waals surface area contributed by atoms with Gasteiger partial charge in [0.1, 0.15) is 29.6 Å². The number of carbonyl (C=O) groups excluding carboxylic acids is 2. The number of carbonyl (C=O) groups is 2. The summed E-state index contributed by atoms with van der Waals surface area (Å²) in [6.45, 7) is 2.43. The topological polar surface area (TPSA) is 80.6 Å². The number of pyridine rings is 1. The number of hydrogen-bond acceptors (Lipinski definition) is 4. The van der Waals surface area contributed by atoms with E-state index in [2.05, 4.69) is 12.2 Å². The Hall–Kier alpha value is -4.08. The maximum Gasteiger partial charge on any atom is 0.274 e. The van der Waals surface area contributed by atoms with Gasteiger partial charge in [-0.1, -0.05) is 37.3 Å². The second kappa shape index (κ2) is 10.4. The molecule has 2 bridgehead atoms. The van der Waals surface area contributed by atoms with Crippen LogP contribution in [0.3, 0.4) is 0 Å². The van der Waals surface area contributed by atoms with Crippen molar-refractivity contribution in [3.05, 3.63) is 98.7 Å². The zero-order chi connectivity index (χ0) is 27.0. The van der Waals surface area contributed by atoms with E-state index in [0.29, 0.717) is 25.2 Å². The highest BCUT2D eigenvalue weighted by Crippen LogP contribution is 2.35. The predicted molar refractivity (Wildman–Crippen MR) is 132 cm³/mol. The molecule has 0 radical (unpaired) electrons. The summed E-state index contributed by atoms with van der Waals surface area (Å²) >= 11 is 0. The second-order valence-electron chi connectivity index (χ2n) is 9.70. The first-order valence-corrected chi connectivity index (χ1v) is 12.4. The molecule has 3 heterocycles. The average Bonchev–Trinajstić information content (AvgIpc) is 3.06. The van der Waals surface area contributed by atoms with Crippen LogP contribution in [0.1, 0.15) is 57.8 Å². The Bertz CT molecular complexity index is 1430. The molecular weight excluding hydrogens is 499 g/mol. The molecule has 2 amide bonds. The van der Waals surface area contributed by atoms with Gasteiger partial charge in [0, 0.05) is 43.5 Å². The fraction of sp³-hybridized carbons (Fsp3) is 0.321. The summed E-state index contributed by atoms with van der Waals surface area (Å²) in [6.07, 6.45) is 3.00. The van der Waals surface area contributed by atoms with Crippen molar-refractivity contribution in [1.82, 2.24) is 14.8 Å². The Morgan fingerprint density at radius 3 is 2.53 bits per heavy atom. The molecule has 2 atom stereocenters. The Morgan fingerprint density at radius 1 is 1.11 bits per heavy atom. The van der Waals surface area contributed by atoms with E-state index in [9.17, 15) is 27.6 Å². The third kappa shape index (κ3) is 4.78. The summed E-state index contributed by atoms with van der Waals surface area (Å²) in [4.78, 5) is 41.9. The quantitative estimate of drug-likeness (QED) is 0.523. The minimum absolute atomic E-state index is 0.00630. The molecule has 3 aromatic rings. The van der Waals surface area contributed by atoms with Crippen molar-refractivity contribution in [2.75, 3.05) is 13.1 Å². The van der Waals surface area contributed by atoms with Crippen molar-refractivity contribution in [2.24, 2.45) is 5.92 Å². The van der Waals surface area contributed by atoms with Crippen LogP contribution in [0, 0.1) is 23.4 Å². The number of halogens is 3. The molecule has 1 saturated heterocycles. The molecule has 7 nitrogen and oxygen atoms in total. The molecule has 38 heavy (non-hydrogen) atoms. The number of benzene rings is 2. The predicted octanol–water partition coefficient (Wildman–Crippen LogP) is 4.20. The van der Waals surface area contributed by atoms with Crippen LogP contribution >= 0.6 is 0 Å². The van der Waals surface area contributed by atoms with E-state index in [1.54, 1.807) is 21.6 Å². The van der Waals surface area contributed by atoms with Crippen LogP contribution in [0.2, 0.25) is 0 Å². The molecule has 10 heteroatoms. The molecule has 2 aliphatic heterocycles. The number of ether oxygens (including phenoxy) is 1. The molecule has 2 aliphatic rings. The van der Waals surface area contributed by atoms with E-state index in [1.807, 2.05) is 18.2 Å². The van der Waals surface area contributed by atoms with Crippen LogP contribution in [0.25, 0.3) is 0 Å². The number of rotatable bonds is 6. The van der Waals surface area contributed by atoms with Crippen LogP contribution < -0.4 is 15.5 Å². The second-order valence-corrected chi connectivity index (χ2v) is 9.70. The van der Waals surface area contributed by atoms with Gasteiger partial charge in [-0.3, -0.25) is 14.4 Å². The highest BCUT2D eigenvalue weighted by Gasteiger charge is 2.39. The summed E-state index contributed by atoms with van der Waals surface area (Å²) in [5.41, 5.74) is -0.815. The van der Waals surface area contributed by atoms with Gasteiger partial charge in [0.05, 0.1) is 6.04 Å². The molecule has 1 aromatic heterocycles. The summed E-state index contributed by atoms with van der Waals surface area (Å²) in [5.74, 6) is -4.74. The van der Waals surface area contributed by atoms with E-state index in [0.717, 1.165) is 18.4 Å². The molecule has 2 aromatic carbocycles. The Balaban J connectivity index is 1.55. The number of nitrogens with zero attached hydrogens (tertiary/aromatic N) is 2. The number of nitrogens with one attached hydrogen (secondary N) is 1. The van der Waals surface area contributed by atoms with Gasteiger partial charge in [-0.25, -0.2) is 13.2 Å². The van der Waals surface area contributed by atoms with E-state index >= 15 is 0 Å². The Kier molecular flexibility index (Phi) is 6.96. The van der Waals surface area contributed by atoms with Crippen LogP contribution in [0.15, 0.2) is 53.5 Å². The van der Waals surface area contributed by atoms with Crippen molar-refractivity contribution in [3.8, 4) is 5.75 Å². The molecule has 1 fully saturated rings. The first-order valence-electron chi connectivity index (χ1n) is 12.4. The molecule has 198 valence electrons. The van der Waals surface area contributed by atoms with Crippen molar-refractivity contribution in [3.63, 3.8) is 0 Å². The SMILES string of the molecule is C[C@@H]1CCCN2C[C@H]1n1cc(C(=O)NCc3c(F)cc(F)cc3F)c(=O)c(OCc3ccccc3)c1C2=O. The molecule has 0 spiro atoms. The average molecular weight is 526 g/mol. The number of fused-ring (bicyclic) bond motifs is 4. The maximum absolute atomic E-state index is 14.1. The lowest BCUT2D eigenvalue weighted by molar-refractivity contribution is 0.0659. The monoisotopic (exact) mass is 525 g/mol. The first-order chi connectivity index (χ1) is 18.2. The van der Waals surface area contributed by atoms with Crippen molar-refractivity contribution in [2.45, 2.75) is 39.0 Å². The largest absolute Gasteiger partial charge is 0.483 e. The summed E-state index contributed by atoms with van der Waals surface area (Å²) < 4.78 is 49.0. The van der Waals surface area contributed by atoms with E-state index in [-0.39, 0.29) is 41.5 Å². The van der Waals surface area contributed by atoms with Crippen LogP contribution in [-0.4, -0.2) is 34.4 Å². The van der Waals surface area contributed by atoms with Gasteiger partial charge in [-0.05, 0) is 24.3 Å². The number of aromatic nitrogens is 1. The summed E-state index contributed by atoms with van der Waals surface area (Å²) in [6, 6.07) is 9.90. The van der Waals surface area contributed by atoms with Crippen molar-refractivity contribution >= 4 is 11.8 Å². The lowest BCUT2D eigenvalue weighted by atomic mass is 9.95. The van der Waals surface area contributed by atoms with Crippen LogP contribution in [-0.2, 0) is 13.2 Å². The zero-order valence-corrected chi connectivity index (χ0v) is 20.7. The Labute approximate surface area is 216 Å². The van der Waals surface area contributed by atoms with Gasteiger partial charge in [-0.15, -0.1) is 0 Å². The fourth-order valence-electron chi connectivity index (χ4n) is 5.10. The van der Waals surface area contributed by atoms with Gasteiger partial charge >= 0.3 is 0 Å². The normalized spacial score (nSPS) is 18.5. The Morgan fingerprint density at radius 2 is 1.82 bits per heavy atom. The van der Waals surface area contributed by atoms with Crippen LogP contribution in [0.5, 0.6) is 5.75 Å². The van der Waals surface area contributed by atoms with Crippen LogP contribution in [0.4, 0.5) is 13.2 Å². The van der Waals surface area contributed by atoms with Gasteiger partial charge in [-0.2, -0.15) is 0 Å². The molecule has 5 rings (SSSR count). The van der Waals surface area contributed by atoms with E-state index in [1.165, 1.54) is 6.20 Å². The third-order valence-corrected chi connectivity index (χ3v) is 7.19.